The summed E-state index contributed by atoms with van der Waals surface area (Å²) >= 11 is 0. The summed E-state index contributed by atoms with van der Waals surface area (Å²) in [5, 5.41) is 10.2. The molecule has 8 heteroatoms. The second-order valence-corrected chi connectivity index (χ2v) is 11.1. The predicted molar refractivity (Wildman–Crippen MR) is 135 cm³/mol. The molecular formula is C27H31N3O4S. The minimum atomic E-state index is -3.64. The third kappa shape index (κ3) is 4.59. The average molecular weight is 494 g/mol. The second kappa shape index (κ2) is 10.1. The van der Waals surface area contributed by atoms with E-state index in [9.17, 15) is 13.5 Å². The Balaban J connectivity index is 1.41. The SMILES string of the molecule is COc1ccc(S(=O)(=O)N2CCCCN3[C@H](CO)[C@H](c4ccc(-c5cccnc5)cc4)[C@@H]3C2)cc1. The lowest BCUT2D eigenvalue weighted by atomic mass is 9.74. The average Bonchev–Trinajstić information content (AvgIpc) is 2.88. The first kappa shape index (κ1) is 23.9. The molecule has 0 unspecified atom stereocenters. The summed E-state index contributed by atoms with van der Waals surface area (Å²) in [6.45, 7) is 1.82. The van der Waals surface area contributed by atoms with Crippen LogP contribution in [0.1, 0.15) is 24.3 Å². The molecule has 2 fully saturated rings. The van der Waals surface area contributed by atoms with Gasteiger partial charge >= 0.3 is 0 Å². The predicted octanol–water partition coefficient (Wildman–Crippen LogP) is 3.37. The Hall–Kier alpha value is -2.78. The van der Waals surface area contributed by atoms with Gasteiger partial charge in [0.15, 0.2) is 0 Å². The smallest absolute Gasteiger partial charge is 0.243 e. The van der Waals surface area contributed by atoms with Gasteiger partial charge in [-0.15, -0.1) is 0 Å². The Morgan fingerprint density at radius 1 is 1.00 bits per heavy atom. The standard InChI is InChI=1S/C27H31N3O4S/c1-34-23-10-12-24(13-11-23)35(32,33)29-15-2-3-16-30-25(18-29)27(26(30)19-31)21-8-6-20(7-9-21)22-5-4-14-28-17-22/h4-14,17,25-27,31H,2-3,15-16,18-19H2,1H3/t25-,26+,27+/m0/s1. The molecule has 0 aliphatic carbocycles. The van der Waals surface area contributed by atoms with Crippen LogP contribution in [0.5, 0.6) is 5.75 Å². The van der Waals surface area contributed by atoms with Crippen LogP contribution in [-0.4, -0.2) is 73.1 Å². The summed E-state index contributed by atoms with van der Waals surface area (Å²) in [5.74, 6) is 0.692. The molecule has 1 aromatic heterocycles. The van der Waals surface area contributed by atoms with Crippen molar-refractivity contribution in [2.45, 2.75) is 35.7 Å². The van der Waals surface area contributed by atoms with E-state index in [1.165, 1.54) is 0 Å². The zero-order valence-corrected chi connectivity index (χ0v) is 20.6. The first-order valence-electron chi connectivity index (χ1n) is 12.0. The van der Waals surface area contributed by atoms with Crippen molar-refractivity contribution in [2.24, 2.45) is 0 Å². The van der Waals surface area contributed by atoms with Gasteiger partial charge in [0.1, 0.15) is 5.75 Å². The van der Waals surface area contributed by atoms with Crippen molar-refractivity contribution in [1.82, 2.24) is 14.2 Å². The van der Waals surface area contributed by atoms with Crippen LogP contribution in [0.2, 0.25) is 0 Å². The molecule has 0 spiro atoms. The van der Waals surface area contributed by atoms with Crippen LogP contribution < -0.4 is 4.74 Å². The van der Waals surface area contributed by atoms with Crippen molar-refractivity contribution in [2.75, 3.05) is 33.4 Å². The third-order valence-electron chi connectivity index (χ3n) is 7.32. The van der Waals surface area contributed by atoms with E-state index >= 15 is 0 Å². The maximum atomic E-state index is 13.5. The number of fused-ring (bicyclic) bond motifs is 1. The fourth-order valence-corrected chi connectivity index (χ4v) is 6.95. The lowest BCUT2D eigenvalue weighted by molar-refractivity contribution is -0.0553. The van der Waals surface area contributed by atoms with Gasteiger partial charge in [0.2, 0.25) is 10.0 Å². The summed E-state index contributed by atoms with van der Waals surface area (Å²) in [6.07, 6.45) is 5.29. The molecule has 0 radical (unpaired) electrons. The van der Waals surface area contributed by atoms with Gasteiger partial charge < -0.3 is 9.84 Å². The molecule has 5 rings (SSSR count). The van der Waals surface area contributed by atoms with Crippen molar-refractivity contribution in [3.8, 4) is 16.9 Å². The van der Waals surface area contributed by atoms with Gasteiger partial charge in [0.25, 0.3) is 0 Å². The molecule has 0 saturated carbocycles. The normalized spacial score (nSPS) is 23.5. The molecule has 35 heavy (non-hydrogen) atoms. The number of hydrogen-bond acceptors (Lipinski definition) is 6. The maximum Gasteiger partial charge on any atom is 0.243 e. The largest absolute Gasteiger partial charge is 0.497 e. The molecule has 2 saturated heterocycles. The second-order valence-electron chi connectivity index (χ2n) is 9.19. The van der Waals surface area contributed by atoms with Gasteiger partial charge in [-0.05, 0) is 66.4 Å². The number of pyridine rings is 1. The number of benzene rings is 2. The molecule has 3 atom stereocenters. The Labute approximate surface area is 207 Å². The molecule has 1 N–H and O–H groups in total. The van der Waals surface area contributed by atoms with E-state index in [2.05, 4.69) is 34.1 Å². The first-order valence-corrected chi connectivity index (χ1v) is 13.5. The molecule has 184 valence electrons. The minimum absolute atomic E-state index is 0.00659. The first-order chi connectivity index (χ1) is 17.0. The number of aliphatic hydroxyl groups excluding tert-OH is 1. The van der Waals surface area contributed by atoms with Gasteiger partial charge in [0, 0.05) is 43.5 Å². The maximum absolute atomic E-state index is 13.5. The van der Waals surface area contributed by atoms with Crippen molar-refractivity contribution in [1.29, 1.82) is 0 Å². The number of methoxy groups -OCH3 is 1. The Morgan fingerprint density at radius 2 is 1.74 bits per heavy atom. The molecule has 0 bridgehead atoms. The summed E-state index contributed by atoms with van der Waals surface area (Å²) in [4.78, 5) is 6.77. The third-order valence-corrected chi connectivity index (χ3v) is 9.20. The van der Waals surface area contributed by atoms with E-state index in [4.69, 9.17) is 4.74 Å². The van der Waals surface area contributed by atoms with Crippen LogP contribution in [0.3, 0.4) is 0 Å². The summed E-state index contributed by atoms with van der Waals surface area (Å²) in [6, 6.07) is 18.9. The van der Waals surface area contributed by atoms with E-state index < -0.39 is 10.0 Å². The summed E-state index contributed by atoms with van der Waals surface area (Å²) in [7, 11) is -2.08. The molecule has 7 nitrogen and oxygen atoms in total. The monoisotopic (exact) mass is 493 g/mol. The Morgan fingerprint density at radius 3 is 2.40 bits per heavy atom. The van der Waals surface area contributed by atoms with Crippen LogP contribution in [0, 0.1) is 0 Å². The van der Waals surface area contributed by atoms with E-state index in [1.807, 2.05) is 18.3 Å². The van der Waals surface area contributed by atoms with E-state index in [0.29, 0.717) is 18.8 Å². The zero-order valence-electron chi connectivity index (χ0n) is 19.8. The molecule has 3 heterocycles. The highest BCUT2D eigenvalue weighted by Crippen LogP contribution is 2.43. The topological polar surface area (TPSA) is 83.0 Å². The number of sulfonamides is 1. The fraction of sp³-hybridized carbons (Fsp3) is 0.370. The fourth-order valence-electron chi connectivity index (χ4n) is 5.46. The highest BCUT2D eigenvalue weighted by Gasteiger charge is 2.50. The minimum Gasteiger partial charge on any atom is -0.497 e. The number of rotatable bonds is 6. The number of aromatic nitrogens is 1. The quantitative estimate of drug-likeness (QED) is 0.567. The zero-order chi connectivity index (χ0) is 24.4. The molecule has 2 aliphatic heterocycles. The summed E-state index contributed by atoms with van der Waals surface area (Å²) in [5.41, 5.74) is 3.26. The van der Waals surface area contributed by atoms with Gasteiger partial charge in [-0.1, -0.05) is 30.3 Å². The van der Waals surface area contributed by atoms with E-state index in [1.54, 1.807) is 41.9 Å². The number of nitrogens with zero attached hydrogens (tertiary/aromatic N) is 3. The molecule has 2 aromatic carbocycles. The molecule has 0 amide bonds. The molecule has 2 aliphatic rings. The van der Waals surface area contributed by atoms with E-state index in [0.717, 1.165) is 36.1 Å². The van der Waals surface area contributed by atoms with Gasteiger partial charge in [-0.2, -0.15) is 4.31 Å². The number of aliphatic hydroxyl groups is 1. The van der Waals surface area contributed by atoms with Crippen molar-refractivity contribution < 1.29 is 18.3 Å². The van der Waals surface area contributed by atoms with Crippen LogP contribution in [0.15, 0.2) is 78.0 Å². The lowest BCUT2D eigenvalue weighted by Crippen LogP contribution is -2.67. The summed E-state index contributed by atoms with van der Waals surface area (Å²) < 4.78 is 33.9. The van der Waals surface area contributed by atoms with Crippen LogP contribution >= 0.6 is 0 Å². The lowest BCUT2D eigenvalue weighted by Gasteiger charge is -2.57. The Kier molecular flexibility index (Phi) is 6.88. The van der Waals surface area contributed by atoms with Gasteiger partial charge in [-0.3, -0.25) is 9.88 Å². The van der Waals surface area contributed by atoms with Crippen LogP contribution in [-0.2, 0) is 10.0 Å². The van der Waals surface area contributed by atoms with Gasteiger partial charge in [0.05, 0.1) is 18.6 Å². The number of hydrogen-bond donors (Lipinski definition) is 1. The Bertz CT molecular complexity index is 1230. The highest BCUT2D eigenvalue weighted by atomic mass is 32.2. The highest BCUT2D eigenvalue weighted by molar-refractivity contribution is 7.89. The van der Waals surface area contributed by atoms with E-state index in [-0.39, 0.29) is 29.5 Å². The molecular weight excluding hydrogens is 462 g/mol. The van der Waals surface area contributed by atoms with Gasteiger partial charge in [-0.25, -0.2) is 8.42 Å². The molecule has 3 aromatic rings. The van der Waals surface area contributed by atoms with Crippen molar-refractivity contribution in [3.63, 3.8) is 0 Å². The van der Waals surface area contributed by atoms with Crippen molar-refractivity contribution in [3.05, 3.63) is 78.6 Å². The number of ether oxygens (including phenoxy) is 1. The van der Waals surface area contributed by atoms with Crippen LogP contribution in [0.4, 0.5) is 0 Å². The van der Waals surface area contributed by atoms with Crippen molar-refractivity contribution >= 4 is 10.0 Å². The van der Waals surface area contributed by atoms with Crippen LogP contribution in [0.25, 0.3) is 11.1 Å².